The van der Waals surface area contributed by atoms with E-state index in [0.717, 1.165) is 25.1 Å². The molecule has 4 heteroatoms. The first kappa shape index (κ1) is 12.1. The van der Waals surface area contributed by atoms with Crippen LogP contribution in [0.4, 0.5) is 0 Å². The molecule has 92 valence electrons. The van der Waals surface area contributed by atoms with Gasteiger partial charge in [-0.1, -0.05) is 30.3 Å². The second-order valence-electron chi connectivity index (χ2n) is 4.54. The Balaban J connectivity index is 2.17. The zero-order valence-corrected chi connectivity index (χ0v) is 9.75. The van der Waals surface area contributed by atoms with Gasteiger partial charge in [-0.3, -0.25) is 9.69 Å². The Morgan fingerprint density at radius 2 is 2.18 bits per heavy atom. The Morgan fingerprint density at radius 3 is 2.71 bits per heavy atom. The second-order valence-corrected chi connectivity index (χ2v) is 4.54. The first-order valence-corrected chi connectivity index (χ1v) is 5.94. The number of benzene rings is 1. The summed E-state index contributed by atoms with van der Waals surface area (Å²) >= 11 is 0. The van der Waals surface area contributed by atoms with Gasteiger partial charge < -0.3 is 10.8 Å². The van der Waals surface area contributed by atoms with E-state index in [9.17, 15) is 9.90 Å². The lowest BCUT2D eigenvalue weighted by molar-refractivity contribution is -0.143. The van der Waals surface area contributed by atoms with E-state index < -0.39 is 12.0 Å². The van der Waals surface area contributed by atoms with Crippen LogP contribution in [0, 0.1) is 5.92 Å². The molecule has 0 amide bonds. The Morgan fingerprint density at radius 1 is 1.47 bits per heavy atom. The number of rotatable bonds is 4. The highest BCUT2D eigenvalue weighted by atomic mass is 16.4. The van der Waals surface area contributed by atoms with E-state index in [1.165, 1.54) is 0 Å². The summed E-state index contributed by atoms with van der Waals surface area (Å²) in [6.45, 7) is 2.23. The van der Waals surface area contributed by atoms with Crippen molar-refractivity contribution in [3.63, 3.8) is 0 Å². The molecule has 1 aromatic rings. The highest BCUT2D eigenvalue weighted by Crippen LogP contribution is 2.27. The van der Waals surface area contributed by atoms with Crippen LogP contribution in [0.15, 0.2) is 30.3 Å². The first-order chi connectivity index (χ1) is 8.22. The fourth-order valence-electron chi connectivity index (χ4n) is 2.43. The van der Waals surface area contributed by atoms with Gasteiger partial charge in [0.2, 0.25) is 0 Å². The Hall–Kier alpha value is -1.39. The van der Waals surface area contributed by atoms with Crippen molar-refractivity contribution in [2.45, 2.75) is 12.5 Å². The molecule has 2 rings (SSSR count). The average molecular weight is 234 g/mol. The molecule has 1 saturated heterocycles. The molecule has 1 fully saturated rings. The van der Waals surface area contributed by atoms with Crippen LogP contribution in [-0.2, 0) is 4.79 Å². The predicted octanol–water partition coefficient (Wildman–Crippen LogP) is 1.09. The summed E-state index contributed by atoms with van der Waals surface area (Å²) in [5, 5.41) is 9.37. The van der Waals surface area contributed by atoms with Crippen molar-refractivity contribution in [3.05, 3.63) is 35.9 Å². The van der Waals surface area contributed by atoms with Crippen LogP contribution in [0.3, 0.4) is 0 Å². The number of carboxylic acid groups (broad SMARTS) is 1. The normalized spacial score (nSPS) is 22.5. The fourth-order valence-corrected chi connectivity index (χ4v) is 2.43. The lowest BCUT2D eigenvalue weighted by atomic mass is 10.1. The molecule has 17 heavy (non-hydrogen) atoms. The molecular formula is C13H18N2O2. The minimum absolute atomic E-state index is 0.431. The molecule has 0 saturated carbocycles. The molecule has 3 N–H and O–H groups in total. The molecule has 1 aliphatic heterocycles. The number of nitrogens with zero attached hydrogens (tertiary/aromatic N) is 1. The van der Waals surface area contributed by atoms with Gasteiger partial charge in [0.15, 0.2) is 0 Å². The molecule has 2 unspecified atom stereocenters. The van der Waals surface area contributed by atoms with Crippen LogP contribution in [0.2, 0.25) is 0 Å². The lowest BCUT2D eigenvalue weighted by Gasteiger charge is -2.24. The van der Waals surface area contributed by atoms with Gasteiger partial charge >= 0.3 is 5.97 Å². The smallest absolute Gasteiger partial charge is 0.325 e. The van der Waals surface area contributed by atoms with E-state index in [4.69, 9.17) is 5.73 Å². The minimum Gasteiger partial charge on any atom is -0.480 e. The van der Waals surface area contributed by atoms with Crippen molar-refractivity contribution in [1.82, 2.24) is 4.90 Å². The van der Waals surface area contributed by atoms with E-state index >= 15 is 0 Å². The van der Waals surface area contributed by atoms with Crippen molar-refractivity contribution < 1.29 is 9.90 Å². The van der Waals surface area contributed by atoms with E-state index in [1.807, 2.05) is 35.2 Å². The quantitative estimate of drug-likeness (QED) is 0.818. The van der Waals surface area contributed by atoms with Crippen molar-refractivity contribution >= 4 is 5.97 Å². The average Bonchev–Trinajstić information content (AvgIpc) is 2.79. The van der Waals surface area contributed by atoms with Gasteiger partial charge in [0.05, 0.1) is 0 Å². The largest absolute Gasteiger partial charge is 0.480 e. The van der Waals surface area contributed by atoms with Crippen LogP contribution in [0.1, 0.15) is 18.0 Å². The molecule has 1 aromatic carbocycles. The Kier molecular flexibility index (Phi) is 3.76. The SMILES string of the molecule is NCC1CCN(C(C(=O)O)c2ccccc2)C1. The highest BCUT2D eigenvalue weighted by molar-refractivity contribution is 5.75. The summed E-state index contributed by atoms with van der Waals surface area (Å²) in [6.07, 6.45) is 0.993. The third-order valence-corrected chi connectivity index (χ3v) is 3.36. The maximum atomic E-state index is 11.4. The molecular weight excluding hydrogens is 216 g/mol. The number of hydrogen-bond acceptors (Lipinski definition) is 3. The highest BCUT2D eigenvalue weighted by Gasteiger charge is 2.32. The van der Waals surface area contributed by atoms with E-state index in [2.05, 4.69) is 0 Å². The van der Waals surface area contributed by atoms with Crippen molar-refractivity contribution in [2.24, 2.45) is 11.7 Å². The Bertz CT molecular complexity index is 380. The van der Waals surface area contributed by atoms with Gasteiger partial charge in [-0.25, -0.2) is 0 Å². The number of carboxylic acids is 1. The Labute approximate surface area is 101 Å². The van der Waals surface area contributed by atoms with Gasteiger partial charge in [0.1, 0.15) is 6.04 Å². The molecule has 4 nitrogen and oxygen atoms in total. The number of aliphatic carboxylic acids is 1. The molecule has 0 aromatic heterocycles. The summed E-state index contributed by atoms with van der Waals surface area (Å²) in [5.41, 5.74) is 6.48. The maximum Gasteiger partial charge on any atom is 0.325 e. The van der Waals surface area contributed by atoms with Gasteiger partial charge in [0, 0.05) is 6.54 Å². The number of carbonyl (C=O) groups is 1. The molecule has 1 aliphatic rings. The minimum atomic E-state index is -0.783. The molecule has 0 bridgehead atoms. The van der Waals surface area contributed by atoms with Crippen molar-refractivity contribution in [3.8, 4) is 0 Å². The fraction of sp³-hybridized carbons (Fsp3) is 0.462. The van der Waals surface area contributed by atoms with Gasteiger partial charge in [-0.2, -0.15) is 0 Å². The molecule has 0 spiro atoms. The first-order valence-electron chi connectivity index (χ1n) is 5.94. The van der Waals surface area contributed by atoms with E-state index in [0.29, 0.717) is 12.5 Å². The number of hydrogen-bond donors (Lipinski definition) is 2. The van der Waals surface area contributed by atoms with Crippen LogP contribution >= 0.6 is 0 Å². The van der Waals surface area contributed by atoms with Crippen LogP contribution in [-0.4, -0.2) is 35.6 Å². The summed E-state index contributed by atoms with van der Waals surface area (Å²) in [5.74, 6) is -0.352. The topological polar surface area (TPSA) is 66.6 Å². The third-order valence-electron chi connectivity index (χ3n) is 3.36. The molecule has 0 radical (unpaired) electrons. The van der Waals surface area contributed by atoms with Crippen LogP contribution in [0.5, 0.6) is 0 Å². The van der Waals surface area contributed by atoms with Crippen molar-refractivity contribution in [2.75, 3.05) is 19.6 Å². The van der Waals surface area contributed by atoms with E-state index in [1.54, 1.807) is 0 Å². The van der Waals surface area contributed by atoms with E-state index in [-0.39, 0.29) is 0 Å². The number of likely N-dealkylation sites (tertiary alicyclic amines) is 1. The summed E-state index contributed by atoms with van der Waals surface area (Å²) < 4.78 is 0. The summed E-state index contributed by atoms with van der Waals surface area (Å²) in [6, 6.07) is 8.86. The lowest BCUT2D eigenvalue weighted by Crippen LogP contribution is -2.33. The van der Waals surface area contributed by atoms with Crippen molar-refractivity contribution in [1.29, 1.82) is 0 Å². The summed E-state index contributed by atoms with van der Waals surface area (Å²) in [4.78, 5) is 13.4. The van der Waals surface area contributed by atoms with Gasteiger partial charge in [0.25, 0.3) is 0 Å². The monoisotopic (exact) mass is 234 g/mol. The van der Waals surface area contributed by atoms with Crippen LogP contribution < -0.4 is 5.73 Å². The summed E-state index contributed by atoms with van der Waals surface area (Å²) in [7, 11) is 0. The zero-order valence-electron chi connectivity index (χ0n) is 9.75. The second kappa shape index (κ2) is 5.29. The zero-order chi connectivity index (χ0) is 12.3. The third kappa shape index (κ3) is 2.65. The number of nitrogens with two attached hydrogens (primary N) is 1. The predicted molar refractivity (Wildman–Crippen MR) is 65.6 cm³/mol. The molecule has 1 heterocycles. The van der Waals surface area contributed by atoms with Gasteiger partial charge in [-0.05, 0) is 31.0 Å². The maximum absolute atomic E-state index is 11.4. The molecule has 2 atom stereocenters. The van der Waals surface area contributed by atoms with Gasteiger partial charge in [-0.15, -0.1) is 0 Å². The molecule has 0 aliphatic carbocycles. The standard InChI is InChI=1S/C13H18N2O2/c14-8-10-6-7-15(9-10)12(13(16)17)11-4-2-1-3-5-11/h1-5,10,12H,6-9,14H2,(H,16,17). The van der Waals surface area contributed by atoms with Crippen LogP contribution in [0.25, 0.3) is 0 Å².